The van der Waals surface area contributed by atoms with Crippen LogP contribution in [0.25, 0.3) is 10.9 Å². The highest BCUT2D eigenvalue weighted by atomic mass is 35.5. The Kier molecular flexibility index (Phi) is 4.87. The van der Waals surface area contributed by atoms with Gasteiger partial charge >= 0.3 is 0 Å². The second-order valence-electron chi connectivity index (χ2n) is 6.16. The molecule has 0 atom stereocenters. The Labute approximate surface area is 141 Å². The van der Waals surface area contributed by atoms with E-state index in [0.717, 1.165) is 31.9 Å². The van der Waals surface area contributed by atoms with Crippen molar-refractivity contribution < 1.29 is 0 Å². The van der Waals surface area contributed by atoms with Crippen LogP contribution < -0.4 is 15.9 Å². The Morgan fingerprint density at radius 3 is 2.91 bits per heavy atom. The number of rotatable bonds is 7. The van der Waals surface area contributed by atoms with Crippen molar-refractivity contribution in [2.45, 2.75) is 26.2 Å². The first-order valence-electron chi connectivity index (χ1n) is 8.24. The highest BCUT2D eigenvalue weighted by Crippen LogP contribution is 2.32. The molecule has 0 aliphatic heterocycles. The summed E-state index contributed by atoms with van der Waals surface area (Å²) in [5, 5.41) is 6.20. The lowest BCUT2D eigenvalue weighted by Crippen LogP contribution is -2.45. The molecule has 124 valence electrons. The summed E-state index contributed by atoms with van der Waals surface area (Å²) < 4.78 is 1.71. The maximum absolute atomic E-state index is 13.0. The van der Waals surface area contributed by atoms with Crippen LogP contribution in [0.3, 0.4) is 0 Å². The van der Waals surface area contributed by atoms with E-state index in [9.17, 15) is 4.79 Å². The first-order chi connectivity index (χ1) is 11.1. The lowest BCUT2D eigenvalue weighted by atomic mass is 10.2. The second-order valence-corrected chi connectivity index (χ2v) is 6.57. The average Bonchev–Trinajstić information content (AvgIpc) is 3.31. The number of fused-ring (bicyclic) bond motifs is 1. The minimum atomic E-state index is -0.0738. The Balaban J connectivity index is 2.06. The number of halogens is 1. The average molecular weight is 335 g/mol. The second kappa shape index (κ2) is 6.89. The summed E-state index contributed by atoms with van der Waals surface area (Å²) >= 11 is 6.25. The molecule has 1 aromatic heterocycles. The predicted octanol–water partition coefficient (Wildman–Crippen LogP) is 2.18. The highest BCUT2D eigenvalue weighted by molar-refractivity contribution is 6.35. The molecule has 0 bridgehead atoms. The van der Waals surface area contributed by atoms with E-state index in [4.69, 9.17) is 16.6 Å². The Bertz CT molecular complexity index is 754. The van der Waals surface area contributed by atoms with Gasteiger partial charge < -0.3 is 10.3 Å². The van der Waals surface area contributed by atoms with Gasteiger partial charge in [-0.05, 0) is 37.4 Å². The number of hydrogen-bond donors (Lipinski definition) is 1. The molecule has 0 unspecified atom stereocenters. The molecule has 1 heterocycles. The van der Waals surface area contributed by atoms with E-state index < -0.39 is 0 Å². The van der Waals surface area contributed by atoms with Crippen LogP contribution in [0.1, 0.15) is 25.6 Å². The topological polar surface area (TPSA) is 50.2 Å². The van der Waals surface area contributed by atoms with Crippen molar-refractivity contribution in [2.75, 3.05) is 31.7 Å². The van der Waals surface area contributed by atoms with E-state index in [-0.39, 0.29) is 5.56 Å². The summed E-state index contributed by atoms with van der Waals surface area (Å²) in [6.45, 7) is 4.55. The summed E-state index contributed by atoms with van der Waals surface area (Å²) in [7, 11) is 1.93. The van der Waals surface area contributed by atoms with Crippen molar-refractivity contribution in [3.05, 3.63) is 39.4 Å². The molecule has 3 rings (SSSR count). The quantitative estimate of drug-likeness (QED) is 0.788. The van der Waals surface area contributed by atoms with Gasteiger partial charge in [-0.1, -0.05) is 24.6 Å². The lowest BCUT2D eigenvalue weighted by molar-refractivity contribution is 0.554. The van der Waals surface area contributed by atoms with Gasteiger partial charge in [0.15, 0.2) is 0 Å². The van der Waals surface area contributed by atoms with E-state index in [1.165, 1.54) is 12.8 Å². The minimum absolute atomic E-state index is 0.0738. The van der Waals surface area contributed by atoms with Crippen LogP contribution in [0.4, 0.5) is 0 Å². The van der Waals surface area contributed by atoms with Crippen molar-refractivity contribution in [2.24, 2.45) is 5.92 Å². The van der Waals surface area contributed by atoms with Gasteiger partial charge in [0.2, 0.25) is 0 Å². The van der Waals surface area contributed by atoms with Crippen LogP contribution in [0.2, 0.25) is 5.02 Å². The van der Waals surface area contributed by atoms with Crippen molar-refractivity contribution >= 4 is 22.5 Å². The smallest absolute Gasteiger partial charge is 0.281 e. The third kappa shape index (κ3) is 3.51. The Morgan fingerprint density at radius 2 is 2.22 bits per heavy atom. The number of hydrogen-bond acceptors (Lipinski definition) is 4. The maximum atomic E-state index is 13.0. The molecule has 1 saturated carbocycles. The molecule has 1 aromatic carbocycles. The first-order valence-corrected chi connectivity index (χ1v) is 8.62. The van der Waals surface area contributed by atoms with E-state index in [0.29, 0.717) is 21.8 Å². The molecule has 1 N–H and O–H groups in total. The van der Waals surface area contributed by atoms with Crippen LogP contribution in [-0.4, -0.2) is 36.3 Å². The zero-order valence-electron chi connectivity index (χ0n) is 13.7. The standard InChI is InChI=1S/C17H23ClN4O/c1-3-19-9-10-21(2)22-15(11-12-7-8-12)20-14-6-4-5-13(18)16(14)17(22)23/h4-6,12,19H,3,7-11H2,1-2H3. The molecule has 0 saturated heterocycles. The summed E-state index contributed by atoms with van der Waals surface area (Å²) in [6.07, 6.45) is 3.30. The van der Waals surface area contributed by atoms with Crippen LogP contribution in [-0.2, 0) is 6.42 Å². The van der Waals surface area contributed by atoms with Crippen molar-refractivity contribution in [1.82, 2.24) is 15.0 Å². The number of nitrogens with one attached hydrogen (secondary N) is 1. The third-order valence-corrected chi connectivity index (χ3v) is 4.58. The molecule has 0 radical (unpaired) electrons. The molecule has 1 fully saturated rings. The zero-order valence-corrected chi connectivity index (χ0v) is 14.4. The predicted molar refractivity (Wildman–Crippen MR) is 95.0 cm³/mol. The molecule has 2 aromatic rings. The maximum Gasteiger partial charge on any atom is 0.281 e. The fraction of sp³-hybridized carbons (Fsp3) is 0.529. The van der Waals surface area contributed by atoms with Crippen LogP contribution in [0, 0.1) is 5.92 Å². The molecule has 0 amide bonds. The van der Waals surface area contributed by atoms with Crippen molar-refractivity contribution in [1.29, 1.82) is 0 Å². The number of likely N-dealkylation sites (N-methyl/N-ethyl adjacent to an activating group) is 2. The highest BCUT2D eigenvalue weighted by Gasteiger charge is 2.26. The van der Waals surface area contributed by atoms with Crippen LogP contribution in [0.5, 0.6) is 0 Å². The van der Waals surface area contributed by atoms with Gasteiger partial charge in [-0.2, -0.15) is 0 Å². The summed E-state index contributed by atoms with van der Waals surface area (Å²) in [5.74, 6) is 1.50. The summed E-state index contributed by atoms with van der Waals surface area (Å²) in [5.41, 5.74) is 0.615. The van der Waals surface area contributed by atoms with E-state index in [1.54, 1.807) is 10.7 Å². The summed E-state index contributed by atoms with van der Waals surface area (Å²) in [4.78, 5) is 17.8. The van der Waals surface area contributed by atoms with Crippen molar-refractivity contribution in [3.63, 3.8) is 0 Å². The molecular formula is C17H23ClN4O. The number of benzene rings is 1. The molecule has 1 aliphatic carbocycles. The summed E-state index contributed by atoms with van der Waals surface area (Å²) in [6, 6.07) is 5.45. The van der Waals surface area contributed by atoms with Gasteiger partial charge in [0.1, 0.15) is 5.82 Å². The molecule has 1 aliphatic rings. The molecular weight excluding hydrogens is 312 g/mol. The Morgan fingerprint density at radius 1 is 1.43 bits per heavy atom. The van der Waals surface area contributed by atoms with E-state index >= 15 is 0 Å². The van der Waals surface area contributed by atoms with Gasteiger partial charge in [-0.15, -0.1) is 0 Å². The van der Waals surface area contributed by atoms with Gasteiger partial charge in [0.25, 0.3) is 5.56 Å². The molecule has 6 heteroatoms. The minimum Gasteiger partial charge on any atom is -0.315 e. The monoisotopic (exact) mass is 334 g/mol. The van der Waals surface area contributed by atoms with Crippen LogP contribution >= 0.6 is 11.6 Å². The molecule has 0 spiro atoms. The molecule has 5 nitrogen and oxygen atoms in total. The van der Waals surface area contributed by atoms with Gasteiger partial charge in [0.05, 0.1) is 15.9 Å². The first kappa shape index (κ1) is 16.3. The molecule has 23 heavy (non-hydrogen) atoms. The number of aromatic nitrogens is 2. The lowest BCUT2D eigenvalue weighted by Gasteiger charge is -2.25. The van der Waals surface area contributed by atoms with Crippen LogP contribution in [0.15, 0.2) is 23.0 Å². The van der Waals surface area contributed by atoms with Gasteiger partial charge in [-0.3, -0.25) is 4.79 Å². The fourth-order valence-electron chi connectivity index (χ4n) is 2.81. The van der Waals surface area contributed by atoms with Gasteiger partial charge in [0, 0.05) is 26.6 Å². The number of nitrogens with zero attached hydrogens (tertiary/aromatic N) is 3. The van der Waals surface area contributed by atoms with E-state index in [2.05, 4.69) is 12.2 Å². The third-order valence-electron chi connectivity index (χ3n) is 4.26. The fourth-order valence-corrected chi connectivity index (χ4v) is 3.06. The van der Waals surface area contributed by atoms with Gasteiger partial charge in [-0.25, -0.2) is 9.66 Å². The van der Waals surface area contributed by atoms with Crippen molar-refractivity contribution in [3.8, 4) is 0 Å². The largest absolute Gasteiger partial charge is 0.315 e. The zero-order chi connectivity index (χ0) is 16.4. The van der Waals surface area contributed by atoms with E-state index in [1.807, 2.05) is 24.2 Å². The SMILES string of the molecule is CCNCCN(C)n1c(CC2CC2)nc2cccc(Cl)c2c1=O. The Hall–Kier alpha value is -1.59. The normalized spacial score (nSPS) is 14.4.